The molecule has 1 aromatic heterocycles. The van der Waals surface area contributed by atoms with Crippen LogP contribution in [0.2, 0.25) is 5.15 Å². The molecule has 0 aromatic carbocycles. The summed E-state index contributed by atoms with van der Waals surface area (Å²) in [5, 5.41) is 0.386. The molecule has 2 rings (SSSR count). The van der Waals surface area contributed by atoms with Gasteiger partial charge in [-0.2, -0.15) is 0 Å². The second-order valence-electron chi connectivity index (χ2n) is 4.69. The van der Waals surface area contributed by atoms with Crippen LogP contribution in [0.1, 0.15) is 31.9 Å². The van der Waals surface area contributed by atoms with Gasteiger partial charge in [0.2, 0.25) is 0 Å². The zero-order valence-corrected chi connectivity index (χ0v) is 12.2. The van der Waals surface area contributed by atoms with E-state index in [9.17, 15) is 0 Å². The number of nitrogens with zero attached hydrogens (tertiary/aromatic N) is 1. The number of hydrogen-bond acceptors (Lipinski definition) is 4. The SMILES string of the molecule is CCCCOc1ccc(C2(OC)CCOC2)nc1Cl. The Morgan fingerprint density at radius 3 is 2.89 bits per heavy atom. The topological polar surface area (TPSA) is 40.6 Å². The zero-order valence-electron chi connectivity index (χ0n) is 11.4. The van der Waals surface area contributed by atoms with Gasteiger partial charge in [-0.3, -0.25) is 0 Å². The van der Waals surface area contributed by atoms with Gasteiger partial charge < -0.3 is 14.2 Å². The highest BCUT2D eigenvalue weighted by molar-refractivity contribution is 6.30. The fourth-order valence-corrected chi connectivity index (χ4v) is 2.33. The third-order valence-electron chi connectivity index (χ3n) is 3.41. The number of ether oxygens (including phenoxy) is 3. The van der Waals surface area contributed by atoms with Crippen molar-refractivity contribution in [1.29, 1.82) is 0 Å². The summed E-state index contributed by atoms with van der Waals surface area (Å²) in [6, 6.07) is 3.77. The molecule has 0 saturated carbocycles. The molecule has 106 valence electrons. The maximum Gasteiger partial charge on any atom is 0.171 e. The molecule has 0 amide bonds. The Labute approximate surface area is 119 Å². The molecule has 19 heavy (non-hydrogen) atoms. The second kappa shape index (κ2) is 6.55. The molecule has 0 N–H and O–H groups in total. The Morgan fingerprint density at radius 2 is 2.32 bits per heavy atom. The van der Waals surface area contributed by atoms with Crippen molar-refractivity contribution in [1.82, 2.24) is 4.98 Å². The van der Waals surface area contributed by atoms with E-state index in [0.29, 0.717) is 30.7 Å². The maximum absolute atomic E-state index is 6.17. The Balaban J connectivity index is 2.13. The van der Waals surface area contributed by atoms with Gasteiger partial charge in [-0.25, -0.2) is 4.98 Å². The van der Waals surface area contributed by atoms with Crippen LogP contribution < -0.4 is 4.74 Å². The Hall–Kier alpha value is -0.840. The van der Waals surface area contributed by atoms with Gasteiger partial charge in [-0.1, -0.05) is 24.9 Å². The zero-order chi connectivity index (χ0) is 13.7. The molecule has 1 saturated heterocycles. The number of aromatic nitrogens is 1. The molecule has 4 nitrogen and oxygen atoms in total. The Morgan fingerprint density at radius 1 is 1.47 bits per heavy atom. The van der Waals surface area contributed by atoms with Crippen LogP contribution in [-0.2, 0) is 15.1 Å². The summed E-state index contributed by atoms with van der Waals surface area (Å²) in [7, 11) is 1.68. The van der Waals surface area contributed by atoms with Gasteiger partial charge in [0.15, 0.2) is 10.9 Å². The smallest absolute Gasteiger partial charge is 0.171 e. The lowest BCUT2D eigenvalue weighted by atomic mass is 9.98. The molecule has 1 aliphatic rings. The monoisotopic (exact) mass is 285 g/mol. The second-order valence-corrected chi connectivity index (χ2v) is 5.05. The number of methoxy groups -OCH3 is 1. The average Bonchev–Trinajstić information content (AvgIpc) is 2.91. The van der Waals surface area contributed by atoms with Crippen LogP contribution in [0.3, 0.4) is 0 Å². The van der Waals surface area contributed by atoms with Crippen LogP contribution in [-0.4, -0.2) is 31.9 Å². The van der Waals surface area contributed by atoms with E-state index in [1.54, 1.807) is 7.11 Å². The highest BCUT2D eigenvalue weighted by atomic mass is 35.5. The van der Waals surface area contributed by atoms with Crippen molar-refractivity contribution in [2.24, 2.45) is 0 Å². The van der Waals surface area contributed by atoms with E-state index in [0.717, 1.165) is 25.0 Å². The minimum absolute atomic E-state index is 0.386. The molecule has 1 aromatic rings. The first-order chi connectivity index (χ1) is 9.22. The van der Waals surface area contributed by atoms with Crippen LogP contribution in [0.25, 0.3) is 0 Å². The van der Waals surface area contributed by atoms with E-state index >= 15 is 0 Å². The van der Waals surface area contributed by atoms with Crippen molar-refractivity contribution < 1.29 is 14.2 Å². The fourth-order valence-electron chi connectivity index (χ4n) is 2.12. The summed E-state index contributed by atoms with van der Waals surface area (Å²) in [4.78, 5) is 4.41. The van der Waals surface area contributed by atoms with Gasteiger partial charge in [-0.05, 0) is 18.6 Å². The minimum Gasteiger partial charge on any atom is -0.490 e. The standard InChI is InChI=1S/C14H20ClNO3/c1-3-4-8-19-11-5-6-12(16-13(11)15)14(17-2)7-9-18-10-14/h5-6H,3-4,7-10H2,1-2H3. The van der Waals surface area contributed by atoms with E-state index in [1.807, 2.05) is 12.1 Å². The number of hydrogen-bond donors (Lipinski definition) is 0. The van der Waals surface area contributed by atoms with Gasteiger partial charge in [0, 0.05) is 20.1 Å². The first kappa shape index (κ1) is 14.6. The molecule has 1 unspecified atom stereocenters. The summed E-state index contributed by atoms with van der Waals surface area (Å²) >= 11 is 6.17. The molecule has 1 fully saturated rings. The summed E-state index contributed by atoms with van der Waals surface area (Å²) in [6.07, 6.45) is 2.89. The van der Waals surface area contributed by atoms with Crippen molar-refractivity contribution in [2.45, 2.75) is 31.8 Å². The van der Waals surface area contributed by atoms with E-state index in [4.69, 9.17) is 25.8 Å². The average molecular weight is 286 g/mol. The molecule has 2 heterocycles. The highest BCUT2D eigenvalue weighted by Gasteiger charge is 2.38. The van der Waals surface area contributed by atoms with E-state index in [2.05, 4.69) is 11.9 Å². The summed E-state index contributed by atoms with van der Waals surface area (Å²) in [6.45, 7) is 3.98. The van der Waals surface area contributed by atoms with Crippen LogP contribution >= 0.6 is 11.6 Å². The Bertz CT molecular complexity index is 419. The quantitative estimate of drug-likeness (QED) is 0.594. The predicted octanol–water partition coefficient (Wildman–Crippen LogP) is 3.18. The molecule has 0 aliphatic carbocycles. The van der Waals surface area contributed by atoms with Crippen molar-refractivity contribution >= 4 is 11.6 Å². The lowest BCUT2D eigenvalue weighted by Crippen LogP contribution is -2.30. The van der Waals surface area contributed by atoms with E-state index in [1.165, 1.54) is 0 Å². The van der Waals surface area contributed by atoms with Crippen molar-refractivity contribution in [3.63, 3.8) is 0 Å². The fraction of sp³-hybridized carbons (Fsp3) is 0.643. The third kappa shape index (κ3) is 3.19. The maximum atomic E-state index is 6.17. The van der Waals surface area contributed by atoms with Crippen LogP contribution in [0.4, 0.5) is 0 Å². The minimum atomic E-state index is -0.467. The Kier molecular flexibility index (Phi) is 5.02. The highest BCUT2D eigenvalue weighted by Crippen LogP contribution is 2.35. The summed E-state index contributed by atoms with van der Waals surface area (Å²) < 4.78 is 16.6. The predicted molar refractivity (Wildman–Crippen MR) is 73.8 cm³/mol. The van der Waals surface area contributed by atoms with Crippen LogP contribution in [0, 0.1) is 0 Å². The normalized spacial score (nSPS) is 22.7. The third-order valence-corrected chi connectivity index (χ3v) is 3.68. The van der Waals surface area contributed by atoms with E-state index < -0.39 is 5.60 Å². The van der Waals surface area contributed by atoms with Gasteiger partial charge in [0.1, 0.15) is 5.60 Å². The van der Waals surface area contributed by atoms with Crippen LogP contribution in [0.15, 0.2) is 12.1 Å². The van der Waals surface area contributed by atoms with Crippen molar-refractivity contribution in [3.05, 3.63) is 23.0 Å². The van der Waals surface area contributed by atoms with Gasteiger partial charge in [0.25, 0.3) is 0 Å². The van der Waals surface area contributed by atoms with Crippen molar-refractivity contribution in [3.8, 4) is 5.75 Å². The van der Waals surface area contributed by atoms with Gasteiger partial charge in [-0.15, -0.1) is 0 Å². The van der Waals surface area contributed by atoms with Crippen LogP contribution in [0.5, 0.6) is 5.75 Å². The molecule has 1 aliphatic heterocycles. The van der Waals surface area contributed by atoms with Gasteiger partial charge in [0.05, 0.1) is 18.9 Å². The largest absolute Gasteiger partial charge is 0.490 e. The van der Waals surface area contributed by atoms with E-state index in [-0.39, 0.29) is 0 Å². The molecule has 0 spiro atoms. The summed E-state index contributed by atoms with van der Waals surface area (Å²) in [5.41, 5.74) is 0.339. The molecule has 0 bridgehead atoms. The number of pyridine rings is 1. The summed E-state index contributed by atoms with van der Waals surface area (Å²) in [5.74, 6) is 0.629. The molecule has 1 atom stereocenters. The lowest BCUT2D eigenvalue weighted by Gasteiger charge is -2.25. The first-order valence-corrected chi connectivity index (χ1v) is 7.02. The number of unbranched alkanes of at least 4 members (excludes halogenated alkanes) is 1. The van der Waals surface area contributed by atoms with Gasteiger partial charge >= 0.3 is 0 Å². The molecule has 5 heteroatoms. The number of rotatable bonds is 6. The first-order valence-electron chi connectivity index (χ1n) is 6.64. The number of halogens is 1. The lowest BCUT2D eigenvalue weighted by molar-refractivity contribution is -0.0246. The molecular formula is C14H20ClNO3. The molecule has 0 radical (unpaired) electrons. The van der Waals surface area contributed by atoms with Crippen molar-refractivity contribution in [2.75, 3.05) is 26.9 Å². The molecular weight excluding hydrogens is 266 g/mol.